The van der Waals surface area contributed by atoms with Crippen LogP contribution in [-0.2, 0) is 14.8 Å². The summed E-state index contributed by atoms with van der Waals surface area (Å²) in [6.45, 7) is 0. The van der Waals surface area contributed by atoms with Crippen LogP contribution in [-0.4, -0.2) is 20.2 Å². The minimum Gasteiger partial charge on any atom is -0.277 e. The SMILES string of the molecule is O=C1C/C(=N/S(=O)(=O)c2ccc(Br)cc2)NN1c1ccccc1. The van der Waals surface area contributed by atoms with Gasteiger partial charge in [0.05, 0.1) is 17.0 Å². The van der Waals surface area contributed by atoms with Gasteiger partial charge in [-0.25, -0.2) is 5.01 Å². The number of para-hydroxylation sites is 1. The summed E-state index contributed by atoms with van der Waals surface area (Å²) >= 11 is 3.25. The van der Waals surface area contributed by atoms with Gasteiger partial charge in [0.1, 0.15) is 5.84 Å². The second-order valence-corrected chi connectivity index (χ2v) is 7.34. The molecule has 2 aromatic rings. The van der Waals surface area contributed by atoms with Crippen molar-refractivity contribution in [3.63, 3.8) is 0 Å². The van der Waals surface area contributed by atoms with E-state index in [-0.39, 0.29) is 23.1 Å². The molecular formula is C15H12BrN3O3S. The predicted octanol–water partition coefficient (Wildman–Crippen LogP) is 2.48. The molecule has 8 heteroatoms. The molecule has 3 rings (SSSR count). The van der Waals surface area contributed by atoms with Crippen LogP contribution in [0.4, 0.5) is 5.69 Å². The Kier molecular flexibility index (Phi) is 4.18. The van der Waals surface area contributed by atoms with Crippen LogP contribution < -0.4 is 10.4 Å². The number of hydrazine groups is 1. The molecule has 0 unspecified atom stereocenters. The van der Waals surface area contributed by atoms with Crippen molar-refractivity contribution in [3.8, 4) is 0 Å². The zero-order valence-electron chi connectivity index (χ0n) is 11.8. The lowest BCUT2D eigenvalue weighted by molar-refractivity contribution is -0.116. The van der Waals surface area contributed by atoms with Crippen molar-refractivity contribution in [3.05, 3.63) is 59.1 Å². The third-order valence-electron chi connectivity index (χ3n) is 3.17. The summed E-state index contributed by atoms with van der Waals surface area (Å²) < 4.78 is 29.1. The smallest absolute Gasteiger partial charge is 0.277 e. The molecule has 118 valence electrons. The molecule has 0 radical (unpaired) electrons. The Morgan fingerprint density at radius 1 is 1.04 bits per heavy atom. The lowest BCUT2D eigenvalue weighted by atomic mass is 10.3. The molecule has 2 aromatic carbocycles. The molecule has 0 bridgehead atoms. The van der Waals surface area contributed by atoms with Crippen molar-refractivity contribution in [1.82, 2.24) is 5.43 Å². The molecule has 0 aromatic heterocycles. The van der Waals surface area contributed by atoms with Crippen molar-refractivity contribution in [2.75, 3.05) is 5.01 Å². The predicted molar refractivity (Wildman–Crippen MR) is 90.4 cm³/mol. The van der Waals surface area contributed by atoms with Gasteiger partial charge in [-0.15, -0.1) is 4.40 Å². The van der Waals surface area contributed by atoms with E-state index in [2.05, 4.69) is 25.8 Å². The van der Waals surface area contributed by atoms with Crippen molar-refractivity contribution in [2.24, 2.45) is 4.40 Å². The van der Waals surface area contributed by atoms with Gasteiger partial charge in [0.25, 0.3) is 15.9 Å². The number of hydrogen-bond donors (Lipinski definition) is 1. The van der Waals surface area contributed by atoms with Crippen LogP contribution in [0.15, 0.2) is 68.4 Å². The number of carbonyl (C=O) groups is 1. The van der Waals surface area contributed by atoms with E-state index in [1.165, 1.54) is 17.1 Å². The summed E-state index contributed by atoms with van der Waals surface area (Å²) in [7, 11) is -3.86. The second kappa shape index (κ2) is 6.13. The number of amidine groups is 1. The van der Waals surface area contributed by atoms with Crippen molar-refractivity contribution in [2.45, 2.75) is 11.3 Å². The number of sulfonamides is 1. The van der Waals surface area contributed by atoms with Gasteiger partial charge in [0, 0.05) is 4.47 Å². The van der Waals surface area contributed by atoms with E-state index in [0.29, 0.717) is 5.69 Å². The average molecular weight is 394 g/mol. The highest BCUT2D eigenvalue weighted by atomic mass is 79.9. The van der Waals surface area contributed by atoms with Crippen LogP contribution in [0.1, 0.15) is 6.42 Å². The first-order valence-corrected chi connectivity index (χ1v) is 8.93. The normalized spacial score (nSPS) is 16.7. The maximum Gasteiger partial charge on any atom is 0.284 e. The van der Waals surface area contributed by atoms with Gasteiger partial charge in [-0.3, -0.25) is 10.2 Å². The van der Waals surface area contributed by atoms with E-state index in [4.69, 9.17) is 0 Å². The van der Waals surface area contributed by atoms with Crippen LogP contribution >= 0.6 is 15.9 Å². The number of carbonyl (C=O) groups excluding carboxylic acids is 1. The van der Waals surface area contributed by atoms with Crippen molar-refractivity contribution in [1.29, 1.82) is 0 Å². The lowest BCUT2D eigenvalue weighted by Crippen LogP contribution is -2.36. The van der Waals surface area contributed by atoms with Crippen LogP contribution in [0.25, 0.3) is 0 Å². The van der Waals surface area contributed by atoms with Crippen molar-refractivity contribution < 1.29 is 13.2 Å². The number of benzene rings is 2. The first-order valence-electron chi connectivity index (χ1n) is 6.70. The van der Waals surface area contributed by atoms with E-state index < -0.39 is 10.0 Å². The molecule has 1 amide bonds. The summed E-state index contributed by atoms with van der Waals surface area (Å²) in [6.07, 6.45) is -0.0926. The lowest BCUT2D eigenvalue weighted by Gasteiger charge is -2.15. The molecular weight excluding hydrogens is 382 g/mol. The molecule has 0 spiro atoms. The summed E-state index contributed by atoms with van der Waals surface area (Å²) in [6, 6.07) is 15.1. The monoisotopic (exact) mass is 393 g/mol. The Labute approximate surface area is 142 Å². The molecule has 1 fully saturated rings. The largest absolute Gasteiger partial charge is 0.284 e. The van der Waals surface area contributed by atoms with E-state index in [1.54, 1.807) is 36.4 Å². The molecule has 23 heavy (non-hydrogen) atoms. The molecule has 1 heterocycles. The van der Waals surface area contributed by atoms with Gasteiger partial charge in [-0.1, -0.05) is 34.1 Å². The molecule has 1 N–H and O–H groups in total. The van der Waals surface area contributed by atoms with Crippen LogP contribution in [0.2, 0.25) is 0 Å². The minimum atomic E-state index is -3.86. The zero-order chi connectivity index (χ0) is 16.4. The third-order valence-corrected chi connectivity index (χ3v) is 5.02. The van der Waals surface area contributed by atoms with E-state index in [0.717, 1.165) is 4.47 Å². The van der Waals surface area contributed by atoms with Crippen LogP contribution in [0.3, 0.4) is 0 Å². The van der Waals surface area contributed by atoms with Gasteiger partial charge in [0.15, 0.2) is 0 Å². The number of anilines is 1. The van der Waals surface area contributed by atoms with Gasteiger partial charge in [-0.2, -0.15) is 8.42 Å². The number of hydrogen-bond acceptors (Lipinski definition) is 3. The molecule has 6 nitrogen and oxygen atoms in total. The first-order chi connectivity index (χ1) is 11.0. The first kappa shape index (κ1) is 15.7. The number of nitrogens with zero attached hydrogens (tertiary/aromatic N) is 2. The average Bonchev–Trinajstić information content (AvgIpc) is 2.88. The Hall–Kier alpha value is -2.19. The van der Waals surface area contributed by atoms with Gasteiger partial charge < -0.3 is 0 Å². The summed E-state index contributed by atoms with van der Waals surface area (Å²) in [5.74, 6) is -0.164. The fraction of sp³-hybridized carbons (Fsp3) is 0.0667. The highest BCUT2D eigenvalue weighted by Crippen LogP contribution is 2.20. The molecule has 1 saturated heterocycles. The van der Waals surface area contributed by atoms with E-state index in [9.17, 15) is 13.2 Å². The molecule has 1 aliphatic rings. The fourth-order valence-electron chi connectivity index (χ4n) is 2.10. The minimum absolute atomic E-state index is 0.0700. The Morgan fingerprint density at radius 3 is 2.35 bits per heavy atom. The summed E-state index contributed by atoms with van der Waals surface area (Å²) in [4.78, 5) is 12.1. The number of rotatable bonds is 3. The molecule has 0 saturated carbocycles. The summed E-state index contributed by atoms with van der Waals surface area (Å²) in [5, 5.41) is 1.29. The molecule has 0 aliphatic carbocycles. The molecule has 1 aliphatic heterocycles. The Morgan fingerprint density at radius 2 is 1.70 bits per heavy atom. The Bertz CT molecular complexity index is 865. The highest BCUT2D eigenvalue weighted by Gasteiger charge is 2.28. The topological polar surface area (TPSA) is 78.8 Å². The zero-order valence-corrected chi connectivity index (χ0v) is 14.2. The van der Waals surface area contributed by atoms with Gasteiger partial charge >= 0.3 is 0 Å². The maximum atomic E-state index is 12.3. The summed E-state index contributed by atoms with van der Waals surface area (Å²) in [5.41, 5.74) is 3.37. The maximum absolute atomic E-state index is 12.3. The van der Waals surface area contributed by atoms with Gasteiger partial charge in [-0.05, 0) is 36.4 Å². The number of nitrogens with one attached hydrogen (secondary N) is 1. The van der Waals surface area contributed by atoms with Crippen molar-refractivity contribution >= 4 is 43.4 Å². The quantitative estimate of drug-likeness (QED) is 0.868. The molecule has 0 atom stereocenters. The van der Waals surface area contributed by atoms with Crippen LogP contribution in [0.5, 0.6) is 0 Å². The second-order valence-electron chi connectivity index (χ2n) is 4.82. The van der Waals surface area contributed by atoms with E-state index >= 15 is 0 Å². The van der Waals surface area contributed by atoms with Gasteiger partial charge in [0.2, 0.25) is 0 Å². The standard InChI is InChI=1S/C15H12BrN3O3S/c16-11-6-8-13(9-7-11)23(21,22)18-14-10-15(20)19(17-14)12-4-2-1-3-5-12/h1-9H,10H2,(H,17,18). The fourth-order valence-corrected chi connectivity index (χ4v) is 3.34. The highest BCUT2D eigenvalue weighted by molar-refractivity contribution is 9.10. The third kappa shape index (κ3) is 3.43. The van der Waals surface area contributed by atoms with E-state index in [1.807, 2.05) is 6.07 Å². The number of amides is 1. The number of halogens is 1. The van der Waals surface area contributed by atoms with Crippen LogP contribution in [0, 0.1) is 0 Å². The Balaban J connectivity index is 1.86.